The molecule has 1 aliphatic heterocycles. The maximum Gasteiger partial charge on any atom is 0.423 e. The van der Waals surface area contributed by atoms with E-state index in [0.717, 1.165) is 19.3 Å². The predicted octanol–water partition coefficient (Wildman–Crippen LogP) is 4.55. The summed E-state index contributed by atoms with van der Waals surface area (Å²) in [5.41, 5.74) is 0. The van der Waals surface area contributed by atoms with E-state index in [1.807, 2.05) is 30.4 Å². The average Bonchev–Trinajstić information content (AvgIpc) is 2.49. The number of unbranched alkanes of at least 4 members (excludes halogenated alkanes) is 1. The van der Waals surface area contributed by atoms with Crippen molar-refractivity contribution in [2.75, 3.05) is 5.88 Å². The maximum atomic E-state index is 11.9. The van der Waals surface area contributed by atoms with Gasteiger partial charge in [0.2, 0.25) is 0 Å². The highest BCUT2D eigenvalue weighted by atomic mass is 35.5. The largest absolute Gasteiger partial charge is 0.423 e. The third-order valence-corrected chi connectivity index (χ3v) is 3.34. The summed E-state index contributed by atoms with van der Waals surface area (Å²) in [5, 5.41) is 0. The Morgan fingerprint density at radius 3 is 2.50 bits per heavy atom. The highest BCUT2D eigenvalue weighted by molar-refractivity contribution is 6.17. The van der Waals surface area contributed by atoms with Crippen LogP contribution < -0.4 is 4.74 Å². The van der Waals surface area contributed by atoms with Gasteiger partial charge in [-0.2, -0.15) is 0 Å². The molecule has 1 aliphatic rings. The van der Waals surface area contributed by atoms with E-state index in [1.165, 1.54) is 4.90 Å². The van der Waals surface area contributed by atoms with E-state index in [1.54, 1.807) is 24.5 Å². The summed E-state index contributed by atoms with van der Waals surface area (Å²) < 4.78 is 5.25. The lowest BCUT2D eigenvalue weighted by Gasteiger charge is -2.19. The Bertz CT molecular complexity index is 471. The Kier molecular flexibility index (Phi) is 5.69. The second kappa shape index (κ2) is 7.75. The fraction of sp³-hybridized carbons (Fsp3) is 0.312. The number of hydrogen-bond donors (Lipinski definition) is 0. The van der Waals surface area contributed by atoms with Crippen molar-refractivity contribution in [3.63, 3.8) is 0 Å². The minimum Gasteiger partial charge on any atom is -0.410 e. The van der Waals surface area contributed by atoms with Crippen LogP contribution in [0, 0.1) is 5.92 Å². The molecule has 20 heavy (non-hydrogen) atoms. The van der Waals surface area contributed by atoms with Gasteiger partial charge in [-0.1, -0.05) is 36.8 Å². The van der Waals surface area contributed by atoms with Gasteiger partial charge in [-0.3, -0.25) is 4.90 Å². The Hall–Kier alpha value is -1.74. The second-order valence-corrected chi connectivity index (χ2v) is 5.00. The zero-order valence-electron chi connectivity index (χ0n) is 11.2. The first-order chi connectivity index (χ1) is 9.79. The van der Waals surface area contributed by atoms with Crippen LogP contribution in [0.4, 0.5) is 4.79 Å². The van der Waals surface area contributed by atoms with Crippen molar-refractivity contribution >= 4 is 17.7 Å². The van der Waals surface area contributed by atoms with Gasteiger partial charge >= 0.3 is 6.09 Å². The van der Waals surface area contributed by atoms with E-state index in [0.29, 0.717) is 17.5 Å². The van der Waals surface area contributed by atoms with E-state index < -0.39 is 6.09 Å². The lowest BCUT2D eigenvalue weighted by atomic mass is 10.0. The first-order valence-corrected chi connectivity index (χ1v) is 7.31. The number of alkyl halides is 1. The fourth-order valence-electron chi connectivity index (χ4n) is 1.95. The first kappa shape index (κ1) is 14.7. The smallest absolute Gasteiger partial charge is 0.410 e. The van der Waals surface area contributed by atoms with Crippen LogP contribution in [-0.2, 0) is 0 Å². The number of amides is 1. The van der Waals surface area contributed by atoms with Crippen molar-refractivity contribution in [3.8, 4) is 5.75 Å². The molecular formula is C16H18ClNO2. The molecule has 1 aromatic rings. The molecule has 0 bridgehead atoms. The minimum atomic E-state index is -0.400. The molecule has 0 N–H and O–H groups in total. The van der Waals surface area contributed by atoms with Crippen LogP contribution >= 0.6 is 11.6 Å². The summed E-state index contributed by atoms with van der Waals surface area (Å²) in [6, 6.07) is 9.05. The average molecular weight is 292 g/mol. The highest BCUT2D eigenvalue weighted by Gasteiger charge is 2.14. The first-order valence-electron chi connectivity index (χ1n) is 6.77. The number of carbonyl (C=O) groups excluding carboxylic acids is 1. The Morgan fingerprint density at radius 2 is 1.85 bits per heavy atom. The summed E-state index contributed by atoms with van der Waals surface area (Å²) in [4.78, 5) is 13.4. The van der Waals surface area contributed by atoms with Gasteiger partial charge in [0.05, 0.1) is 0 Å². The lowest BCUT2D eigenvalue weighted by molar-refractivity contribution is 0.181. The monoisotopic (exact) mass is 291 g/mol. The number of benzene rings is 1. The molecule has 0 saturated carbocycles. The van der Waals surface area contributed by atoms with E-state index in [2.05, 4.69) is 0 Å². The third kappa shape index (κ3) is 4.42. The van der Waals surface area contributed by atoms with E-state index in [9.17, 15) is 4.79 Å². The summed E-state index contributed by atoms with van der Waals surface area (Å²) in [6.07, 6.45) is 10.3. The van der Waals surface area contributed by atoms with Gasteiger partial charge in [-0.25, -0.2) is 4.79 Å². The van der Waals surface area contributed by atoms with Gasteiger partial charge in [0, 0.05) is 18.3 Å². The molecular weight excluding hydrogens is 274 g/mol. The second-order valence-electron chi connectivity index (χ2n) is 4.62. The molecule has 1 amide bonds. The topological polar surface area (TPSA) is 29.5 Å². The maximum absolute atomic E-state index is 11.9. The molecule has 3 nitrogen and oxygen atoms in total. The molecule has 0 aromatic heterocycles. The van der Waals surface area contributed by atoms with Crippen LogP contribution in [-0.4, -0.2) is 16.9 Å². The van der Waals surface area contributed by atoms with Crippen molar-refractivity contribution in [2.45, 2.75) is 19.3 Å². The van der Waals surface area contributed by atoms with Gasteiger partial charge in [0.25, 0.3) is 0 Å². The van der Waals surface area contributed by atoms with Crippen molar-refractivity contribution in [2.24, 2.45) is 5.92 Å². The zero-order valence-corrected chi connectivity index (χ0v) is 12.0. The van der Waals surface area contributed by atoms with Gasteiger partial charge < -0.3 is 4.74 Å². The third-order valence-electron chi connectivity index (χ3n) is 3.07. The summed E-state index contributed by atoms with van der Waals surface area (Å²) in [7, 11) is 0. The van der Waals surface area contributed by atoms with E-state index >= 15 is 0 Å². The van der Waals surface area contributed by atoms with Crippen LogP contribution in [0.2, 0.25) is 0 Å². The number of hydrogen-bond acceptors (Lipinski definition) is 2. The molecule has 0 spiro atoms. The molecule has 0 radical (unpaired) electrons. The molecule has 1 aromatic carbocycles. The van der Waals surface area contributed by atoms with Gasteiger partial charge in [-0.15, -0.1) is 11.6 Å². The standard InChI is InChI=1S/C16H18ClNO2/c17-11-5-4-6-14-9-12-18(13-10-14)16(19)20-15-7-2-1-3-8-15/h1-3,7-10,12-14H,4-6,11H2. The van der Waals surface area contributed by atoms with Gasteiger partial charge in [-0.05, 0) is 30.9 Å². The predicted molar refractivity (Wildman–Crippen MR) is 80.6 cm³/mol. The SMILES string of the molecule is O=C(Oc1ccccc1)N1C=CC(CCCCCl)C=C1. The van der Waals surface area contributed by atoms with E-state index in [-0.39, 0.29) is 0 Å². The molecule has 1 heterocycles. The Balaban J connectivity index is 1.82. The van der Waals surface area contributed by atoms with Crippen LogP contribution in [0.5, 0.6) is 5.75 Å². The normalized spacial score (nSPS) is 14.6. The number of nitrogens with zero attached hydrogens (tertiary/aromatic N) is 1. The van der Waals surface area contributed by atoms with Gasteiger partial charge in [0.15, 0.2) is 0 Å². The van der Waals surface area contributed by atoms with Crippen molar-refractivity contribution < 1.29 is 9.53 Å². The summed E-state index contributed by atoms with van der Waals surface area (Å²) >= 11 is 5.66. The fourth-order valence-corrected chi connectivity index (χ4v) is 2.14. The van der Waals surface area contributed by atoms with Crippen molar-refractivity contribution in [1.29, 1.82) is 0 Å². The Labute approximate surface area is 124 Å². The van der Waals surface area contributed by atoms with Gasteiger partial charge in [0.1, 0.15) is 5.75 Å². The van der Waals surface area contributed by atoms with Crippen LogP contribution in [0.25, 0.3) is 0 Å². The highest BCUT2D eigenvalue weighted by Crippen LogP contribution is 2.18. The number of halogens is 1. The molecule has 0 saturated heterocycles. The molecule has 4 heteroatoms. The summed E-state index contributed by atoms with van der Waals surface area (Å²) in [6.45, 7) is 0. The van der Waals surface area contributed by atoms with Crippen LogP contribution in [0.3, 0.4) is 0 Å². The Morgan fingerprint density at radius 1 is 1.15 bits per heavy atom. The van der Waals surface area contributed by atoms with Crippen molar-refractivity contribution in [3.05, 3.63) is 54.9 Å². The number of ether oxygens (including phenoxy) is 1. The number of rotatable bonds is 5. The lowest BCUT2D eigenvalue weighted by Crippen LogP contribution is -2.25. The molecule has 2 rings (SSSR count). The number of allylic oxidation sites excluding steroid dienone is 2. The molecule has 106 valence electrons. The molecule has 0 atom stereocenters. The molecule has 0 aliphatic carbocycles. The quantitative estimate of drug-likeness (QED) is 0.588. The minimum absolute atomic E-state index is 0.374. The van der Waals surface area contributed by atoms with Crippen LogP contribution in [0.1, 0.15) is 19.3 Å². The summed E-state index contributed by atoms with van der Waals surface area (Å²) in [5.74, 6) is 1.62. The van der Waals surface area contributed by atoms with Crippen LogP contribution in [0.15, 0.2) is 54.9 Å². The number of carbonyl (C=O) groups is 1. The van der Waals surface area contributed by atoms with E-state index in [4.69, 9.17) is 16.3 Å². The number of para-hydroxylation sites is 1. The molecule has 0 unspecified atom stereocenters. The zero-order chi connectivity index (χ0) is 14.2. The molecule has 0 fully saturated rings. The van der Waals surface area contributed by atoms with Crippen molar-refractivity contribution in [1.82, 2.24) is 4.90 Å².